The molecule has 0 aliphatic carbocycles. The summed E-state index contributed by atoms with van der Waals surface area (Å²) in [5, 5.41) is 13.1. The highest BCUT2D eigenvalue weighted by atomic mass is 16.5. The van der Waals surface area contributed by atoms with Crippen LogP contribution in [0.4, 0.5) is 0 Å². The molecule has 27 heavy (non-hydrogen) atoms. The van der Waals surface area contributed by atoms with E-state index in [2.05, 4.69) is 12.2 Å². The van der Waals surface area contributed by atoms with E-state index in [9.17, 15) is 14.7 Å². The summed E-state index contributed by atoms with van der Waals surface area (Å²) < 4.78 is 11.4. The number of cyclic esters (lactones) is 1. The third kappa shape index (κ3) is 8.25. The minimum absolute atomic E-state index is 0.0798. The van der Waals surface area contributed by atoms with E-state index >= 15 is 0 Å². The molecule has 1 saturated heterocycles. The van der Waals surface area contributed by atoms with Gasteiger partial charge in [0.2, 0.25) is 0 Å². The molecule has 7 nitrogen and oxygen atoms in total. The van der Waals surface area contributed by atoms with E-state index < -0.39 is 18.0 Å². The topological polar surface area (TPSA) is 111 Å². The summed E-state index contributed by atoms with van der Waals surface area (Å²) in [7, 11) is 0. The zero-order chi connectivity index (χ0) is 20.4. The van der Waals surface area contributed by atoms with Crippen molar-refractivity contribution in [2.24, 2.45) is 23.5 Å². The summed E-state index contributed by atoms with van der Waals surface area (Å²) in [6.45, 7) is 9.75. The van der Waals surface area contributed by atoms with Gasteiger partial charge in [-0.25, -0.2) is 0 Å². The number of ketones is 1. The summed E-state index contributed by atoms with van der Waals surface area (Å²) in [5.74, 6) is -0.775. The molecule has 0 bridgehead atoms. The Hall–Kier alpha value is -1.02. The van der Waals surface area contributed by atoms with Gasteiger partial charge in [-0.1, -0.05) is 27.7 Å². The molecule has 1 unspecified atom stereocenters. The van der Waals surface area contributed by atoms with Crippen molar-refractivity contribution < 1.29 is 24.2 Å². The van der Waals surface area contributed by atoms with E-state index in [0.29, 0.717) is 0 Å². The molecule has 0 aromatic rings. The highest BCUT2D eigenvalue weighted by Gasteiger charge is 2.32. The maximum Gasteiger partial charge on any atom is 0.313 e. The van der Waals surface area contributed by atoms with Crippen molar-refractivity contribution >= 4 is 11.8 Å². The Morgan fingerprint density at radius 2 is 1.85 bits per heavy atom. The summed E-state index contributed by atoms with van der Waals surface area (Å²) in [5.41, 5.74) is 5.44. The average molecular weight is 387 g/mol. The maximum atomic E-state index is 12.7. The van der Waals surface area contributed by atoms with Gasteiger partial charge in [-0.2, -0.15) is 0 Å². The first kappa shape index (κ1) is 24.0. The van der Waals surface area contributed by atoms with E-state index in [-0.39, 0.29) is 49.4 Å². The zero-order valence-corrected chi connectivity index (χ0v) is 17.3. The van der Waals surface area contributed by atoms with Crippen LogP contribution < -0.4 is 11.1 Å². The average Bonchev–Trinajstić information content (AvgIpc) is 2.64. The summed E-state index contributed by atoms with van der Waals surface area (Å²) >= 11 is 0. The van der Waals surface area contributed by atoms with E-state index in [1.807, 2.05) is 13.8 Å². The molecule has 4 N–H and O–H groups in total. The first-order valence-corrected chi connectivity index (χ1v) is 10.2. The molecule has 0 amide bonds. The SMILES string of the molecule is CC[C@H]1OC(=O)CC(=O)[C@H](C)[C@@H](OCC(O)CN)[C@@H](C)CCNCC[C@H]1C. The van der Waals surface area contributed by atoms with E-state index in [4.69, 9.17) is 15.2 Å². The number of ether oxygens (including phenoxy) is 2. The molecule has 0 saturated carbocycles. The fraction of sp³-hybridized carbons (Fsp3) is 0.900. The van der Waals surface area contributed by atoms with Crippen LogP contribution in [0.5, 0.6) is 0 Å². The van der Waals surface area contributed by atoms with Gasteiger partial charge in [0.25, 0.3) is 0 Å². The molecule has 1 fully saturated rings. The van der Waals surface area contributed by atoms with Crippen molar-refractivity contribution in [2.75, 3.05) is 26.2 Å². The molecule has 1 rings (SSSR count). The van der Waals surface area contributed by atoms with Crippen molar-refractivity contribution in [3.05, 3.63) is 0 Å². The number of aliphatic hydroxyl groups excluding tert-OH is 1. The number of nitrogens with one attached hydrogen (secondary N) is 1. The highest BCUT2D eigenvalue weighted by Crippen LogP contribution is 2.23. The van der Waals surface area contributed by atoms with Crippen LogP contribution in [0.15, 0.2) is 0 Å². The van der Waals surface area contributed by atoms with Crippen molar-refractivity contribution in [1.29, 1.82) is 0 Å². The van der Waals surface area contributed by atoms with Crippen molar-refractivity contribution in [2.45, 2.75) is 71.7 Å². The second-order valence-electron chi connectivity index (χ2n) is 7.84. The number of carbonyl (C=O) groups excluding carboxylic acids is 2. The molecule has 0 aromatic carbocycles. The Kier molecular flexibility index (Phi) is 11.1. The Morgan fingerprint density at radius 1 is 1.22 bits per heavy atom. The van der Waals surface area contributed by atoms with Crippen LogP contribution in [0.3, 0.4) is 0 Å². The molecule has 6 atom stereocenters. The number of hydrogen-bond donors (Lipinski definition) is 3. The Morgan fingerprint density at radius 3 is 2.44 bits per heavy atom. The van der Waals surface area contributed by atoms with Crippen LogP contribution in [0, 0.1) is 17.8 Å². The van der Waals surface area contributed by atoms with Gasteiger partial charge < -0.3 is 25.6 Å². The predicted octanol–water partition coefficient (Wildman–Crippen LogP) is 1.26. The smallest absolute Gasteiger partial charge is 0.313 e. The monoisotopic (exact) mass is 386 g/mol. The van der Waals surface area contributed by atoms with Crippen LogP contribution in [0.25, 0.3) is 0 Å². The fourth-order valence-electron chi connectivity index (χ4n) is 3.53. The Labute approximate surface area is 163 Å². The van der Waals surface area contributed by atoms with Gasteiger partial charge in [-0.3, -0.25) is 9.59 Å². The second-order valence-corrected chi connectivity index (χ2v) is 7.84. The van der Waals surface area contributed by atoms with Crippen LogP contribution in [-0.2, 0) is 19.1 Å². The lowest BCUT2D eigenvalue weighted by Crippen LogP contribution is -2.40. The fourth-order valence-corrected chi connectivity index (χ4v) is 3.53. The lowest BCUT2D eigenvalue weighted by molar-refractivity contribution is -0.155. The van der Waals surface area contributed by atoms with Crippen molar-refractivity contribution in [3.63, 3.8) is 0 Å². The number of esters is 1. The van der Waals surface area contributed by atoms with Crippen molar-refractivity contribution in [3.8, 4) is 0 Å². The number of hydrogen-bond acceptors (Lipinski definition) is 7. The van der Waals surface area contributed by atoms with Crippen molar-refractivity contribution in [1.82, 2.24) is 5.32 Å². The predicted molar refractivity (Wildman–Crippen MR) is 104 cm³/mol. The lowest BCUT2D eigenvalue weighted by atomic mass is 9.87. The quantitative estimate of drug-likeness (QED) is 0.482. The van der Waals surface area contributed by atoms with Gasteiger partial charge in [0.05, 0.1) is 18.8 Å². The third-order valence-corrected chi connectivity index (χ3v) is 5.51. The zero-order valence-electron chi connectivity index (χ0n) is 17.3. The van der Waals surface area contributed by atoms with Crippen LogP contribution in [-0.4, -0.2) is 61.4 Å². The maximum absolute atomic E-state index is 12.7. The molecule has 0 aromatic heterocycles. The summed E-state index contributed by atoms with van der Waals surface area (Å²) in [6.07, 6.45) is 0.936. The van der Waals surface area contributed by atoms with Crippen LogP contribution in [0.2, 0.25) is 0 Å². The van der Waals surface area contributed by atoms with E-state index in [0.717, 1.165) is 32.4 Å². The molecule has 7 heteroatoms. The highest BCUT2D eigenvalue weighted by molar-refractivity contribution is 5.97. The molecular weight excluding hydrogens is 348 g/mol. The van der Waals surface area contributed by atoms with Gasteiger partial charge in [-0.15, -0.1) is 0 Å². The normalized spacial score (nSPS) is 33.2. The largest absolute Gasteiger partial charge is 0.462 e. The molecular formula is C20H38N2O5. The summed E-state index contributed by atoms with van der Waals surface area (Å²) in [4.78, 5) is 24.9. The van der Waals surface area contributed by atoms with E-state index in [1.165, 1.54) is 0 Å². The van der Waals surface area contributed by atoms with Gasteiger partial charge in [0, 0.05) is 12.5 Å². The van der Waals surface area contributed by atoms with Gasteiger partial charge >= 0.3 is 5.97 Å². The first-order valence-electron chi connectivity index (χ1n) is 10.2. The Bertz CT molecular complexity index is 460. The molecule has 0 radical (unpaired) electrons. The molecule has 158 valence electrons. The van der Waals surface area contributed by atoms with Gasteiger partial charge in [0.15, 0.2) is 0 Å². The summed E-state index contributed by atoms with van der Waals surface area (Å²) in [6, 6.07) is 0. The standard InChI is InChI=1S/C20H38N2O5/c1-5-18-13(2)6-8-22-9-7-14(3)20(26-12-16(23)11-21)15(4)17(24)10-19(25)27-18/h13-16,18,20,22-23H,5-12,21H2,1-4H3/t13-,14+,15+,16?,18-,20+/m1/s1. The van der Waals surface area contributed by atoms with Crippen LogP contribution in [0.1, 0.15) is 53.4 Å². The van der Waals surface area contributed by atoms with Gasteiger partial charge in [0.1, 0.15) is 18.3 Å². The minimum atomic E-state index is -0.762. The second kappa shape index (κ2) is 12.4. The number of aliphatic hydroxyl groups is 1. The van der Waals surface area contributed by atoms with Crippen LogP contribution >= 0.6 is 0 Å². The Balaban J connectivity index is 2.87. The minimum Gasteiger partial charge on any atom is -0.462 e. The lowest BCUT2D eigenvalue weighted by Gasteiger charge is -2.31. The number of carbonyl (C=O) groups is 2. The number of rotatable bonds is 5. The van der Waals surface area contributed by atoms with E-state index in [1.54, 1.807) is 6.92 Å². The third-order valence-electron chi connectivity index (χ3n) is 5.51. The number of Topliss-reactive ketones (excluding diaryl/α,β-unsaturated/α-hetero) is 1. The molecule has 1 heterocycles. The molecule has 1 aliphatic heterocycles. The number of nitrogens with two attached hydrogens (primary N) is 1. The molecule has 1 aliphatic rings. The first-order chi connectivity index (χ1) is 12.8. The van der Waals surface area contributed by atoms with Gasteiger partial charge in [-0.05, 0) is 44.2 Å². The molecule has 0 spiro atoms.